The zero-order valence-corrected chi connectivity index (χ0v) is 12.0. The van der Waals surface area contributed by atoms with Gasteiger partial charge in [0.25, 0.3) is 0 Å². The lowest BCUT2D eigenvalue weighted by atomic mass is 9.84. The zero-order valence-electron chi connectivity index (χ0n) is 12.0. The Balaban J connectivity index is 4.39. The summed E-state index contributed by atoms with van der Waals surface area (Å²) in [5.74, 6) is 2.19. The number of allylic oxidation sites excluding steroid dienone is 1. The second-order valence-corrected chi connectivity index (χ2v) is 5.21. The smallest absolute Gasteiger partial charge is 0.0258 e. The molecule has 0 bridgehead atoms. The van der Waals surface area contributed by atoms with Crippen LogP contribution in [0.4, 0.5) is 0 Å². The lowest BCUT2D eigenvalue weighted by Crippen LogP contribution is -2.10. The number of rotatable bonds is 7. The molecular formula is C15H29N. The summed E-state index contributed by atoms with van der Waals surface area (Å²) in [7, 11) is 0. The first-order chi connectivity index (χ1) is 7.52. The Labute approximate surface area is 102 Å². The van der Waals surface area contributed by atoms with E-state index in [1.165, 1.54) is 24.8 Å². The van der Waals surface area contributed by atoms with Crippen molar-refractivity contribution in [3.8, 4) is 0 Å². The molecule has 0 heterocycles. The van der Waals surface area contributed by atoms with Crippen LogP contribution in [0.5, 0.6) is 0 Å². The Bertz CT molecular complexity index is 226. The van der Waals surface area contributed by atoms with Crippen LogP contribution in [0.1, 0.15) is 60.8 Å². The first kappa shape index (κ1) is 15.4. The van der Waals surface area contributed by atoms with Crippen molar-refractivity contribution in [2.24, 2.45) is 22.7 Å². The van der Waals surface area contributed by atoms with E-state index in [2.05, 4.69) is 45.8 Å². The summed E-state index contributed by atoms with van der Waals surface area (Å²) in [5, 5.41) is 0. The first-order valence-corrected chi connectivity index (χ1v) is 6.69. The Morgan fingerprint density at radius 1 is 1.12 bits per heavy atom. The van der Waals surface area contributed by atoms with Gasteiger partial charge in [0.15, 0.2) is 0 Å². The van der Waals surface area contributed by atoms with E-state index in [0.29, 0.717) is 5.92 Å². The van der Waals surface area contributed by atoms with Gasteiger partial charge in [-0.15, -0.1) is 0 Å². The maximum atomic E-state index is 4.26. The SMILES string of the molecule is C/C=N\C=C(/CC(C)C(C)CCC)C(C)C. The zero-order chi connectivity index (χ0) is 12.6. The van der Waals surface area contributed by atoms with Crippen molar-refractivity contribution in [2.45, 2.75) is 60.8 Å². The van der Waals surface area contributed by atoms with Gasteiger partial charge in [0, 0.05) is 12.4 Å². The highest BCUT2D eigenvalue weighted by Crippen LogP contribution is 2.26. The number of hydrogen-bond acceptors (Lipinski definition) is 1. The Morgan fingerprint density at radius 2 is 1.75 bits per heavy atom. The van der Waals surface area contributed by atoms with Crippen LogP contribution in [0, 0.1) is 17.8 Å². The van der Waals surface area contributed by atoms with Gasteiger partial charge >= 0.3 is 0 Å². The second-order valence-electron chi connectivity index (χ2n) is 5.21. The molecule has 0 saturated carbocycles. The number of aliphatic imine (C=N–C) groups is 1. The number of hydrogen-bond donors (Lipinski definition) is 0. The molecule has 1 heteroatoms. The van der Waals surface area contributed by atoms with Gasteiger partial charge < -0.3 is 0 Å². The Kier molecular flexibility index (Phi) is 8.23. The largest absolute Gasteiger partial charge is 0.269 e. The molecule has 0 saturated heterocycles. The van der Waals surface area contributed by atoms with Crippen molar-refractivity contribution in [3.63, 3.8) is 0 Å². The van der Waals surface area contributed by atoms with Crippen molar-refractivity contribution in [3.05, 3.63) is 11.8 Å². The molecule has 1 nitrogen and oxygen atoms in total. The van der Waals surface area contributed by atoms with Crippen LogP contribution in [-0.4, -0.2) is 6.21 Å². The summed E-state index contributed by atoms with van der Waals surface area (Å²) in [6.07, 6.45) is 7.74. The first-order valence-electron chi connectivity index (χ1n) is 6.69. The highest BCUT2D eigenvalue weighted by Gasteiger charge is 2.14. The van der Waals surface area contributed by atoms with E-state index in [4.69, 9.17) is 0 Å². The fraction of sp³-hybridized carbons (Fsp3) is 0.800. The molecule has 0 fully saturated rings. The van der Waals surface area contributed by atoms with Gasteiger partial charge in [-0.2, -0.15) is 0 Å². The summed E-state index contributed by atoms with van der Waals surface area (Å²) in [4.78, 5) is 4.26. The molecule has 0 N–H and O–H groups in total. The molecule has 0 spiro atoms. The van der Waals surface area contributed by atoms with Crippen molar-refractivity contribution >= 4 is 6.21 Å². The topological polar surface area (TPSA) is 12.4 Å². The van der Waals surface area contributed by atoms with Crippen molar-refractivity contribution in [1.29, 1.82) is 0 Å². The van der Waals surface area contributed by atoms with Crippen LogP contribution in [0.2, 0.25) is 0 Å². The quantitative estimate of drug-likeness (QED) is 0.534. The average molecular weight is 223 g/mol. The van der Waals surface area contributed by atoms with E-state index < -0.39 is 0 Å². The van der Waals surface area contributed by atoms with E-state index in [1.807, 2.05) is 13.1 Å². The minimum absolute atomic E-state index is 0.611. The van der Waals surface area contributed by atoms with E-state index in [-0.39, 0.29) is 0 Å². The van der Waals surface area contributed by atoms with Crippen LogP contribution in [0.15, 0.2) is 16.8 Å². The maximum absolute atomic E-state index is 4.26. The third kappa shape index (κ3) is 6.09. The van der Waals surface area contributed by atoms with Gasteiger partial charge in [0.2, 0.25) is 0 Å². The van der Waals surface area contributed by atoms with E-state index in [9.17, 15) is 0 Å². The molecule has 2 unspecified atom stereocenters. The van der Waals surface area contributed by atoms with Crippen LogP contribution in [-0.2, 0) is 0 Å². The molecule has 0 aliphatic heterocycles. The van der Waals surface area contributed by atoms with E-state index in [1.54, 1.807) is 0 Å². The minimum atomic E-state index is 0.611. The van der Waals surface area contributed by atoms with Gasteiger partial charge in [-0.05, 0) is 36.7 Å². The van der Waals surface area contributed by atoms with Crippen LogP contribution < -0.4 is 0 Å². The second kappa shape index (κ2) is 8.55. The fourth-order valence-corrected chi connectivity index (χ4v) is 1.92. The van der Waals surface area contributed by atoms with Crippen LogP contribution in [0.3, 0.4) is 0 Å². The van der Waals surface area contributed by atoms with Crippen molar-refractivity contribution < 1.29 is 0 Å². The van der Waals surface area contributed by atoms with Gasteiger partial charge in [-0.1, -0.05) is 47.5 Å². The molecule has 0 aliphatic rings. The van der Waals surface area contributed by atoms with Crippen molar-refractivity contribution in [2.75, 3.05) is 0 Å². The van der Waals surface area contributed by atoms with Gasteiger partial charge in [0.05, 0.1) is 0 Å². The molecule has 16 heavy (non-hydrogen) atoms. The Morgan fingerprint density at radius 3 is 2.19 bits per heavy atom. The molecule has 0 radical (unpaired) electrons. The summed E-state index contributed by atoms with van der Waals surface area (Å²) in [6.45, 7) is 13.5. The number of nitrogens with zero attached hydrogens (tertiary/aromatic N) is 1. The third-order valence-corrected chi connectivity index (χ3v) is 3.40. The summed E-state index contributed by atoms with van der Waals surface area (Å²) >= 11 is 0. The molecule has 0 aromatic rings. The predicted octanol–water partition coefficient (Wildman–Crippen LogP) is 5.08. The molecule has 0 rings (SSSR count). The van der Waals surface area contributed by atoms with E-state index in [0.717, 1.165) is 11.8 Å². The van der Waals surface area contributed by atoms with Gasteiger partial charge in [0.1, 0.15) is 0 Å². The van der Waals surface area contributed by atoms with Gasteiger partial charge in [-0.3, -0.25) is 4.99 Å². The highest BCUT2D eigenvalue weighted by atomic mass is 14.7. The highest BCUT2D eigenvalue weighted by molar-refractivity contribution is 5.54. The summed E-state index contributed by atoms with van der Waals surface area (Å²) < 4.78 is 0. The van der Waals surface area contributed by atoms with Crippen molar-refractivity contribution in [1.82, 2.24) is 0 Å². The third-order valence-electron chi connectivity index (χ3n) is 3.40. The van der Waals surface area contributed by atoms with Gasteiger partial charge in [-0.25, -0.2) is 0 Å². The standard InChI is InChI=1S/C15H29N/c1-7-9-13(5)14(6)10-15(12(3)4)11-16-8-2/h8,11-14H,7,9-10H2,1-6H3/b15-11+,16-8-. The monoisotopic (exact) mass is 223 g/mol. The summed E-state index contributed by atoms with van der Waals surface area (Å²) in [6, 6.07) is 0. The van der Waals surface area contributed by atoms with E-state index >= 15 is 0 Å². The molecular weight excluding hydrogens is 194 g/mol. The molecule has 0 aromatic carbocycles. The predicted molar refractivity (Wildman–Crippen MR) is 74.9 cm³/mol. The molecule has 0 aromatic heterocycles. The molecule has 0 aliphatic carbocycles. The molecule has 0 amide bonds. The summed E-state index contributed by atoms with van der Waals surface area (Å²) in [5.41, 5.74) is 1.48. The van der Waals surface area contributed by atoms with Crippen LogP contribution >= 0.6 is 0 Å². The lowest BCUT2D eigenvalue weighted by molar-refractivity contribution is 0.351. The molecule has 2 atom stereocenters. The lowest BCUT2D eigenvalue weighted by Gasteiger charge is -2.22. The average Bonchev–Trinajstić information content (AvgIpc) is 2.23. The van der Waals surface area contributed by atoms with Crippen LogP contribution in [0.25, 0.3) is 0 Å². The Hall–Kier alpha value is -0.590. The maximum Gasteiger partial charge on any atom is 0.0258 e. The normalized spacial score (nSPS) is 17.1. The minimum Gasteiger partial charge on any atom is -0.269 e. The molecule has 94 valence electrons. The fourth-order valence-electron chi connectivity index (χ4n) is 1.92.